The van der Waals surface area contributed by atoms with Crippen LogP contribution in [-0.4, -0.2) is 81.2 Å². The zero-order valence-corrected chi connectivity index (χ0v) is 33.3. The number of fused-ring (bicyclic) bond motifs is 3. The lowest BCUT2D eigenvalue weighted by molar-refractivity contribution is -0.258. The number of nitrogen functional groups attached to an aromatic ring is 1. The Labute approximate surface area is 301 Å². The molecule has 4 aliphatic carbocycles. The van der Waals surface area contributed by atoms with Crippen molar-refractivity contribution in [2.24, 2.45) is 62.6 Å². The Bertz CT molecular complexity index is 1480. The van der Waals surface area contributed by atoms with Crippen molar-refractivity contribution < 1.29 is 19.4 Å². The Kier molecular flexibility index (Phi) is 9.45. The zero-order chi connectivity index (χ0) is 36.8. The number of carbonyl (C=O) groups is 1. The number of hydrogen-bond acceptors (Lipinski definition) is 8. The monoisotopic (exact) mass is 697 g/mol. The van der Waals surface area contributed by atoms with E-state index in [0.717, 1.165) is 45.1 Å². The Morgan fingerprint density at radius 1 is 1.14 bits per heavy atom. The predicted octanol–water partition coefficient (Wildman–Crippen LogP) is 7.14. The van der Waals surface area contributed by atoms with E-state index in [1.54, 1.807) is 4.80 Å². The molecule has 0 amide bonds. The second-order valence-electron chi connectivity index (χ2n) is 19.4. The van der Waals surface area contributed by atoms with E-state index >= 15 is 0 Å². The standard InChI is InChI=1S/C40H68N6O4/c1-13-45(12)39(11,25(4)5)22-50-32-29(46-43-34(41)42-44-46)20-35(7)21-49-23-40(32)28-16-17-38(10)31(33(47)48)36(8,26(6)24(2)3)18-19-37(38,9)27(28)14-15-30(35)40/h16,24-27,29-32H,13-15,17-23H2,1-12H3,(H2,41,43)(H,47,48)/t26-,27+,29-,30-,31-,32+,35-,36-,37-,38+,39+,40+/m1/s1. The summed E-state index contributed by atoms with van der Waals surface area (Å²) < 4.78 is 14.2. The topological polar surface area (TPSA) is 129 Å². The first kappa shape index (κ1) is 37.7. The first-order valence-corrected chi connectivity index (χ1v) is 19.7. The SMILES string of the molecule is CCN(C)[C@@](C)(CO[C@H]1[C@H](n2nnc(N)n2)C[C@]2(C)COC[C@@]13C1=CC[C@@]4(C)[C@H](C(=O)O)[C@@](C)([C@H](C)C(C)C)CC[C@]4(C)[C@H]1CC[C@H]23)C(C)C. The van der Waals surface area contributed by atoms with E-state index in [-0.39, 0.29) is 45.8 Å². The van der Waals surface area contributed by atoms with Crippen molar-refractivity contribution >= 4 is 11.9 Å². The molecule has 50 heavy (non-hydrogen) atoms. The number of allylic oxidation sites excluding steroid dienone is 1. The van der Waals surface area contributed by atoms with Crippen LogP contribution in [0.5, 0.6) is 0 Å². The fourth-order valence-electron chi connectivity index (χ4n) is 12.8. The van der Waals surface area contributed by atoms with Crippen molar-refractivity contribution in [3.05, 3.63) is 11.6 Å². The second kappa shape index (κ2) is 12.5. The van der Waals surface area contributed by atoms with E-state index in [1.165, 1.54) is 5.57 Å². The van der Waals surface area contributed by atoms with Gasteiger partial charge < -0.3 is 20.3 Å². The highest BCUT2D eigenvalue weighted by Crippen LogP contribution is 2.75. The summed E-state index contributed by atoms with van der Waals surface area (Å²) in [6.45, 7) is 28.1. The summed E-state index contributed by atoms with van der Waals surface area (Å²) in [5.74, 6) is 0.780. The number of nitrogens with two attached hydrogens (primary N) is 1. The highest BCUT2D eigenvalue weighted by molar-refractivity contribution is 5.73. The highest BCUT2D eigenvalue weighted by atomic mass is 16.5. The summed E-state index contributed by atoms with van der Waals surface area (Å²) in [5.41, 5.74) is 6.01. The number of ether oxygens (including phenoxy) is 2. The Balaban J connectivity index is 1.52. The second-order valence-corrected chi connectivity index (χ2v) is 19.4. The fourth-order valence-corrected chi connectivity index (χ4v) is 12.8. The van der Waals surface area contributed by atoms with Gasteiger partial charge in [0.05, 0.1) is 31.8 Å². The molecule has 1 aromatic heterocycles. The molecule has 3 saturated carbocycles. The van der Waals surface area contributed by atoms with Gasteiger partial charge >= 0.3 is 5.97 Å². The molecule has 10 heteroatoms. The van der Waals surface area contributed by atoms with Crippen LogP contribution in [0.15, 0.2) is 11.6 Å². The molecule has 282 valence electrons. The maximum atomic E-state index is 13.6. The number of aliphatic carboxylic acids is 1. The molecular weight excluding hydrogens is 628 g/mol. The van der Waals surface area contributed by atoms with Gasteiger partial charge in [-0.05, 0) is 116 Å². The third-order valence-corrected chi connectivity index (χ3v) is 16.9. The smallest absolute Gasteiger partial charge is 0.307 e. The van der Waals surface area contributed by atoms with Crippen LogP contribution in [0, 0.1) is 62.6 Å². The third kappa shape index (κ3) is 5.10. The van der Waals surface area contributed by atoms with Gasteiger partial charge in [-0.3, -0.25) is 9.69 Å². The molecule has 1 saturated heterocycles. The van der Waals surface area contributed by atoms with E-state index in [2.05, 4.69) is 110 Å². The average Bonchev–Trinajstić information content (AvgIpc) is 3.49. The minimum atomic E-state index is -0.632. The first-order chi connectivity index (χ1) is 23.3. The Morgan fingerprint density at radius 2 is 1.84 bits per heavy atom. The number of carboxylic acids is 1. The summed E-state index contributed by atoms with van der Waals surface area (Å²) in [6, 6.07) is -0.164. The first-order valence-electron chi connectivity index (χ1n) is 19.7. The van der Waals surface area contributed by atoms with Gasteiger partial charge in [0.1, 0.15) is 6.04 Å². The summed E-state index contributed by atoms with van der Waals surface area (Å²) in [6.07, 6.45) is 7.88. The number of hydrogen-bond donors (Lipinski definition) is 2. The summed E-state index contributed by atoms with van der Waals surface area (Å²) >= 11 is 0. The quantitative estimate of drug-likeness (QED) is 0.245. The number of nitrogens with zero attached hydrogens (tertiary/aromatic N) is 5. The number of rotatable bonds is 10. The predicted molar refractivity (Wildman–Crippen MR) is 196 cm³/mol. The van der Waals surface area contributed by atoms with Crippen LogP contribution in [0.4, 0.5) is 5.95 Å². The lowest BCUT2D eigenvalue weighted by Crippen LogP contribution is -2.70. The van der Waals surface area contributed by atoms with E-state index in [4.69, 9.17) is 15.2 Å². The molecule has 1 aromatic rings. The molecule has 0 radical (unpaired) electrons. The zero-order valence-electron chi connectivity index (χ0n) is 33.3. The molecule has 12 atom stereocenters. The summed E-state index contributed by atoms with van der Waals surface area (Å²) in [4.78, 5) is 17.7. The van der Waals surface area contributed by atoms with Gasteiger partial charge in [0.2, 0.25) is 0 Å². The molecule has 10 nitrogen and oxygen atoms in total. The van der Waals surface area contributed by atoms with Crippen LogP contribution in [0.25, 0.3) is 0 Å². The van der Waals surface area contributed by atoms with Gasteiger partial charge in [-0.25, -0.2) is 0 Å². The molecule has 0 aromatic carbocycles. The highest BCUT2D eigenvalue weighted by Gasteiger charge is 2.73. The normalized spacial score (nSPS) is 43.1. The molecule has 2 heterocycles. The van der Waals surface area contributed by atoms with Gasteiger partial charge in [-0.1, -0.05) is 86.0 Å². The average molecular weight is 697 g/mol. The van der Waals surface area contributed by atoms with Crippen molar-refractivity contribution in [1.29, 1.82) is 0 Å². The lowest BCUT2D eigenvalue weighted by Gasteiger charge is -2.71. The number of aromatic nitrogens is 4. The van der Waals surface area contributed by atoms with Crippen LogP contribution < -0.4 is 5.73 Å². The minimum Gasteiger partial charge on any atom is -0.481 e. The van der Waals surface area contributed by atoms with Gasteiger partial charge in [0.25, 0.3) is 5.95 Å². The Morgan fingerprint density at radius 3 is 2.42 bits per heavy atom. The molecular formula is C40H68N6O4. The maximum absolute atomic E-state index is 13.6. The minimum absolute atomic E-state index is 0.109. The summed E-state index contributed by atoms with van der Waals surface area (Å²) in [7, 11) is 2.20. The molecule has 5 aliphatic rings. The Hall–Kier alpha value is -2.04. The molecule has 1 aliphatic heterocycles. The van der Waals surface area contributed by atoms with Crippen molar-refractivity contribution in [3.63, 3.8) is 0 Å². The van der Waals surface area contributed by atoms with Crippen molar-refractivity contribution in [2.45, 2.75) is 132 Å². The van der Waals surface area contributed by atoms with Gasteiger partial charge in [-0.2, -0.15) is 4.80 Å². The van der Waals surface area contributed by atoms with Gasteiger partial charge in [0.15, 0.2) is 0 Å². The molecule has 0 unspecified atom stereocenters. The van der Waals surface area contributed by atoms with Crippen LogP contribution >= 0.6 is 0 Å². The fraction of sp³-hybridized carbons (Fsp3) is 0.900. The summed E-state index contributed by atoms with van der Waals surface area (Å²) in [5, 5.41) is 24.4. The van der Waals surface area contributed by atoms with E-state index < -0.39 is 22.7 Å². The molecule has 2 bridgehead atoms. The van der Waals surface area contributed by atoms with Gasteiger partial charge in [-0.15, -0.1) is 5.10 Å². The van der Waals surface area contributed by atoms with Crippen LogP contribution in [0.2, 0.25) is 0 Å². The largest absolute Gasteiger partial charge is 0.481 e. The van der Waals surface area contributed by atoms with Crippen molar-refractivity contribution in [1.82, 2.24) is 25.1 Å². The number of anilines is 1. The van der Waals surface area contributed by atoms with Crippen molar-refractivity contribution in [2.75, 3.05) is 39.1 Å². The van der Waals surface area contributed by atoms with Crippen LogP contribution in [0.1, 0.15) is 121 Å². The number of carboxylic acid groups (broad SMARTS) is 1. The van der Waals surface area contributed by atoms with E-state index in [1.807, 2.05) is 0 Å². The lowest BCUT2D eigenvalue weighted by atomic mass is 9.34. The van der Waals surface area contributed by atoms with E-state index in [9.17, 15) is 9.90 Å². The number of tetrazole rings is 1. The maximum Gasteiger partial charge on any atom is 0.307 e. The molecule has 3 N–H and O–H groups in total. The molecule has 6 rings (SSSR count). The van der Waals surface area contributed by atoms with Gasteiger partial charge in [0, 0.05) is 11.0 Å². The van der Waals surface area contributed by atoms with Crippen LogP contribution in [-0.2, 0) is 14.3 Å². The third-order valence-electron chi connectivity index (χ3n) is 16.9. The van der Waals surface area contributed by atoms with E-state index in [0.29, 0.717) is 43.5 Å². The van der Waals surface area contributed by atoms with Crippen LogP contribution in [0.3, 0.4) is 0 Å². The number of likely N-dealkylation sites (N-methyl/N-ethyl adjacent to an activating group) is 1. The molecule has 4 fully saturated rings. The van der Waals surface area contributed by atoms with Crippen molar-refractivity contribution in [3.8, 4) is 0 Å². The molecule has 0 spiro atoms.